The van der Waals surface area contributed by atoms with Crippen LogP contribution in [-0.2, 0) is 29.1 Å². The number of ether oxygens (including phenoxy) is 2. The number of benzene rings is 2. The lowest BCUT2D eigenvalue weighted by atomic mass is 10.2. The van der Waals surface area contributed by atoms with Crippen molar-refractivity contribution in [3.63, 3.8) is 0 Å². The van der Waals surface area contributed by atoms with Crippen LogP contribution in [0.25, 0.3) is 0 Å². The third kappa shape index (κ3) is 6.50. The van der Waals surface area contributed by atoms with Gasteiger partial charge >= 0.3 is 5.97 Å². The zero-order chi connectivity index (χ0) is 24.0. The lowest BCUT2D eigenvalue weighted by molar-refractivity contribution is -0.154. The largest absolute Gasteiger partial charge is 0.451 e. The van der Waals surface area contributed by atoms with Crippen molar-refractivity contribution in [1.29, 1.82) is 0 Å². The van der Waals surface area contributed by atoms with E-state index in [1.54, 1.807) is 12.1 Å². The highest BCUT2D eigenvalue weighted by molar-refractivity contribution is 7.89. The fraction of sp³-hybridized carbons (Fsp3) is 0.364. The molecule has 178 valence electrons. The normalized spacial score (nSPS) is 16.0. The Labute approximate surface area is 191 Å². The quantitative estimate of drug-likeness (QED) is 0.556. The Morgan fingerprint density at radius 1 is 1.06 bits per heavy atom. The third-order valence-corrected chi connectivity index (χ3v) is 6.56. The van der Waals surface area contributed by atoms with Crippen molar-refractivity contribution in [2.75, 3.05) is 36.5 Å². The predicted octanol–water partition coefficient (Wildman–Crippen LogP) is 1.90. The molecule has 0 saturated carbocycles. The standard InChI is InChI=1S/C22H26FN3O6S/c1-15(25-33(29,30)20-6-4-3-5-19(20)23)22(28)32-16(2)21(27)24-17-7-9-18(10-8-17)26-11-13-31-14-12-26/h3-10,15-16,25H,11-14H2,1-2H3,(H,24,27). The number of hydrogen-bond donors (Lipinski definition) is 2. The van der Waals surface area contributed by atoms with Gasteiger partial charge in [-0.3, -0.25) is 9.59 Å². The average Bonchev–Trinajstić information content (AvgIpc) is 2.80. The third-order valence-electron chi connectivity index (χ3n) is 4.98. The molecule has 0 spiro atoms. The summed E-state index contributed by atoms with van der Waals surface area (Å²) >= 11 is 0. The molecule has 2 atom stereocenters. The molecule has 0 bridgehead atoms. The van der Waals surface area contributed by atoms with Crippen molar-refractivity contribution in [2.45, 2.75) is 30.9 Å². The maximum absolute atomic E-state index is 13.8. The van der Waals surface area contributed by atoms with E-state index < -0.39 is 44.8 Å². The minimum atomic E-state index is -4.29. The van der Waals surface area contributed by atoms with Crippen LogP contribution in [0.2, 0.25) is 0 Å². The molecule has 2 aromatic rings. The summed E-state index contributed by atoms with van der Waals surface area (Å²) in [6.45, 7) is 5.52. The molecule has 3 rings (SSSR count). The van der Waals surface area contributed by atoms with Crippen LogP contribution < -0.4 is 14.9 Å². The highest BCUT2D eigenvalue weighted by Gasteiger charge is 2.28. The Kier molecular flexibility index (Phi) is 8.01. The fourth-order valence-electron chi connectivity index (χ4n) is 3.16. The van der Waals surface area contributed by atoms with Gasteiger partial charge in [-0.25, -0.2) is 12.8 Å². The van der Waals surface area contributed by atoms with Crippen molar-refractivity contribution >= 4 is 33.3 Å². The highest BCUT2D eigenvalue weighted by atomic mass is 32.2. The van der Waals surface area contributed by atoms with E-state index in [0.29, 0.717) is 18.9 Å². The van der Waals surface area contributed by atoms with E-state index in [1.165, 1.54) is 26.0 Å². The molecule has 0 aliphatic carbocycles. The summed E-state index contributed by atoms with van der Waals surface area (Å²) in [6, 6.07) is 10.7. The minimum absolute atomic E-state index is 0.521. The molecular formula is C22H26FN3O6S. The molecule has 0 aromatic heterocycles. The van der Waals surface area contributed by atoms with Crippen molar-refractivity contribution in [2.24, 2.45) is 0 Å². The SMILES string of the molecule is CC(NS(=O)(=O)c1ccccc1F)C(=O)OC(C)C(=O)Nc1ccc(N2CCOCC2)cc1. The Morgan fingerprint density at radius 2 is 1.70 bits per heavy atom. The Bertz CT molecular complexity index is 1090. The van der Waals surface area contributed by atoms with Crippen LogP contribution >= 0.6 is 0 Å². The summed E-state index contributed by atoms with van der Waals surface area (Å²) in [4.78, 5) is 26.3. The molecule has 2 N–H and O–H groups in total. The number of rotatable bonds is 8. The van der Waals surface area contributed by atoms with Gasteiger partial charge in [-0.15, -0.1) is 0 Å². The number of esters is 1. The predicted molar refractivity (Wildman–Crippen MR) is 120 cm³/mol. The van der Waals surface area contributed by atoms with E-state index in [2.05, 4.69) is 14.9 Å². The molecule has 9 nitrogen and oxygen atoms in total. The van der Waals surface area contributed by atoms with Gasteiger partial charge in [0.15, 0.2) is 6.10 Å². The van der Waals surface area contributed by atoms with E-state index in [0.717, 1.165) is 30.9 Å². The summed E-state index contributed by atoms with van der Waals surface area (Å²) in [5.74, 6) is -2.50. The number of carbonyl (C=O) groups excluding carboxylic acids is 2. The van der Waals surface area contributed by atoms with Gasteiger partial charge in [-0.1, -0.05) is 12.1 Å². The van der Waals surface area contributed by atoms with Gasteiger partial charge < -0.3 is 19.7 Å². The van der Waals surface area contributed by atoms with Crippen molar-refractivity contribution in [3.8, 4) is 0 Å². The van der Waals surface area contributed by atoms with Crippen molar-refractivity contribution in [3.05, 3.63) is 54.3 Å². The lowest BCUT2D eigenvalue weighted by Crippen LogP contribution is -2.42. The zero-order valence-corrected chi connectivity index (χ0v) is 19.1. The van der Waals surface area contributed by atoms with E-state index in [9.17, 15) is 22.4 Å². The maximum Gasteiger partial charge on any atom is 0.324 e. The lowest BCUT2D eigenvalue weighted by Gasteiger charge is -2.29. The second-order valence-electron chi connectivity index (χ2n) is 7.49. The van der Waals surface area contributed by atoms with Gasteiger partial charge in [-0.2, -0.15) is 4.72 Å². The van der Waals surface area contributed by atoms with Crippen molar-refractivity contribution < 1.29 is 31.9 Å². The minimum Gasteiger partial charge on any atom is -0.451 e. The molecule has 1 aliphatic heterocycles. The number of anilines is 2. The number of nitrogens with zero attached hydrogens (tertiary/aromatic N) is 1. The molecule has 1 saturated heterocycles. The second-order valence-corrected chi connectivity index (χ2v) is 9.17. The van der Waals surface area contributed by atoms with Crippen molar-refractivity contribution in [1.82, 2.24) is 4.72 Å². The molecule has 11 heteroatoms. The first kappa shape index (κ1) is 24.6. The van der Waals surface area contributed by atoms with E-state index >= 15 is 0 Å². The van der Waals surface area contributed by atoms with Gasteiger partial charge in [0.2, 0.25) is 10.0 Å². The summed E-state index contributed by atoms with van der Waals surface area (Å²) in [7, 11) is -4.29. The fourth-order valence-corrected chi connectivity index (χ4v) is 4.43. The smallest absolute Gasteiger partial charge is 0.324 e. The van der Waals surface area contributed by atoms with Gasteiger partial charge in [0.05, 0.1) is 13.2 Å². The van der Waals surface area contributed by atoms with Crippen LogP contribution in [0, 0.1) is 5.82 Å². The van der Waals surface area contributed by atoms with Crippen LogP contribution in [0.15, 0.2) is 53.4 Å². The first-order valence-electron chi connectivity index (χ1n) is 10.4. The van der Waals surface area contributed by atoms with Gasteiger partial charge in [-0.05, 0) is 50.2 Å². The Morgan fingerprint density at radius 3 is 2.33 bits per heavy atom. The number of nitrogens with one attached hydrogen (secondary N) is 2. The molecule has 1 aliphatic rings. The van der Waals surface area contributed by atoms with Crippen LogP contribution in [0.5, 0.6) is 0 Å². The van der Waals surface area contributed by atoms with Gasteiger partial charge in [0.25, 0.3) is 5.91 Å². The topological polar surface area (TPSA) is 114 Å². The Balaban J connectivity index is 1.53. The van der Waals surface area contributed by atoms with E-state index in [-0.39, 0.29) is 0 Å². The molecule has 1 fully saturated rings. The summed E-state index contributed by atoms with van der Waals surface area (Å²) in [5, 5.41) is 2.65. The number of halogens is 1. The number of morpholine rings is 1. The maximum atomic E-state index is 13.8. The average molecular weight is 480 g/mol. The molecule has 2 aromatic carbocycles. The summed E-state index contributed by atoms with van der Waals surface area (Å²) in [5.41, 5.74) is 1.53. The number of carbonyl (C=O) groups is 2. The Hall–Kier alpha value is -3.02. The number of sulfonamides is 1. The van der Waals surface area contributed by atoms with Gasteiger partial charge in [0, 0.05) is 24.5 Å². The van der Waals surface area contributed by atoms with E-state index in [4.69, 9.17) is 9.47 Å². The summed E-state index contributed by atoms with van der Waals surface area (Å²) in [6.07, 6.45) is -1.18. The first-order chi connectivity index (χ1) is 15.7. The zero-order valence-electron chi connectivity index (χ0n) is 18.3. The molecular weight excluding hydrogens is 453 g/mol. The second kappa shape index (κ2) is 10.7. The number of hydrogen-bond acceptors (Lipinski definition) is 7. The molecule has 1 amide bonds. The van der Waals surface area contributed by atoms with Gasteiger partial charge in [0.1, 0.15) is 16.8 Å². The molecule has 1 heterocycles. The monoisotopic (exact) mass is 479 g/mol. The van der Waals surface area contributed by atoms with Crippen LogP contribution in [-0.4, -0.2) is 58.7 Å². The molecule has 33 heavy (non-hydrogen) atoms. The summed E-state index contributed by atoms with van der Waals surface area (Å²) < 4.78 is 50.9. The van der Waals surface area contributed by atoms with Crippen LogP contribution in [0.1, 0.15) is 13.8 Å². The van der Waals surface area contributed by atoms with E-state index in [1.807, 2.05) is 12.1 Å². The molecule has 2 unspecified atom stereocenters. The highest BCUT2D eigenvalue weighted by Crippen LogP contribution is 2.19. The molecule has 0 radical (unpaired) electrons. The van der Waals surface area contributed by atoms with Crippen LogP contribution in [0.4, 0.5) is 15.8 Å². The van der Waals surface area contributed by atoms with Crippen LogP contribution in [0.3, 0.4) is 0 Å². The first-order valence-corrected chi connectivity index (χ1v) is 11.9. The number of amides is 1.